The first kappa shape index (κ1) is 14.6. The molecule has 0 spiro atoms. The molecule has 3 rings (SSSR count). The molecule has 0 unspecified atom stereocenters. The van der Waals surface area contributed by atoms with Crippen LogP contribution in [0.3, 0.4) is 0 Å². The lowest BCUT2D eigenvalue weighted by Crippen LogP contribution is -2.42. The molecule has 1 aliphatic heterocycles. The minimum Gasteiger partial charge on any atom is -0.389 e. The summed E-state index contributed by atoms with van der Waals surface area (Å²) in [5, 5.41) is 19.5. The summed E-state index contributed by atoms with van der Waals surface area (Å²) in [6, 6.07) is 4.38. The lowest BCUT2D eigenvalue weighted by atomic mass is 10.1. The molecular weight excluding hydrogens is 288 g/mol. The minimum atomic E-state index is -0.484. The fourth-order valence-electron chi connectivity index (χ4n) is 2.46. The van der Waals surface area contributed by atoms with Gasteiger partial charge in [0.25, 0.3) is 0 Å². The highest BCUT2D eigenvalue weighted by atomic mass is 32.1. The van der Waals surface area contributed by atoms with Crippen LogP contribution in [-0.4, -0.2) is 45.2 Å². The van der Waals surface area contributed by atoms with E-state index in [2.05, 4.69) is 15.4 Å². The number of nitrogens with zero attached hydrogens (tertiary/aromatic N) is 3. The number of aryl methyl sites for hydroxylation is 1. The van der Waals surface area contributed by atoms with Crippen LogP contribution in [0.25, 0.3) is 0 Å². The lowest BCUT2D eigenvalue weighted by Gasteiger charge is -2.24. The van der Waals surface area contributed by atoms with Gasteiger partial charge in [-0.15, -0.1) is 11.3 Å². The van der Waals surface area contributed by atoms with Gasteiger partial charge < -0.3 is 15.2 Å². The second-order valence-corrected chi connectivity index (χ2v) is 6.28. The maximum atomic E-state index is 9.94. The summed E-state index contributed by atoms with van der Waals surface area (Å²) < 4.78 is 7.45. The van der Waals surface area contributed by atoms with E-state index in [1.807, 2.05) is 22.2 Å². The van der Waals surface area contributed by atoms with E-state index >= 15 is 0 Å². The first-order chi connectivity index (χ1) is 10.3. The van der Waals surface area contributed by atoms with Gasteiger partial charge in [0.1, 0.15) is 12.2 Å². The number of fused-ring (bicyclic) bond motifs is 1. The van der Waals surface area contributed by atoms with Gasteiger partial charge in [-0.2, -0.15) is 5.10 Å². The van der Waals surface area contributed by atoms with E-state index in [9.17, 15) is 5.11 Å². The van der Waals surface area contributed by atoms with Crippen molar-refractivity contribution in [3.05, 3.63) is 34.5 Å². The van der Waals surface area contributed by atoms with Crippen LogP contribution in [0, 0.1) is 0 Å². The third kappa shape index (κ3) is 4.10. The number of thiophene rings is 1. The highest BCUT2D eigenvalue weighted by Gasteiger charge is 2.20. The monoisotopic (exact) mass is 308 g/mol. The van der Waals surface area contributed by atoms with Crippen LogP contribution in [0.5, 0.6) is 0 Å². The smallest absolute Gasteiger partial charge is 0.138 e. The maximum absolute atomic E-state index is 9.94. The average Bonchev–Trinajstić information content (AvgIpc) is 3.15. The number of aromatic nitrogens is 3. The zero-order valence-electron chi connectivity index (χ0n) is 11.8. The van der Waals surface area contributed by atoms with E-state index in [0.29, 0.717) is 25.8 Å². The summed E-state index contributed by atoms with van der Waals surface area (Å²) in [7, 11) is 0. The zero-order valence-corrected chi connectivity index (χ0v) is 12.6. The summed E-state index contributed by atoms with van der Waals surface area (Å²) in [6.07, 6.45) is 3.08. The third-order valence-corrected chi connectivity index (χ3v) is 4.43. The van der Waals surface area contributed by atoms with Crippen LogP contribution in [0.1, 0.15) is 17.1 Å². The summed E-state index contributed by atoms with van der Waals surface area (Å²) in [4.78, 5) is 5.39. The van der Waals surface area contributed by atoms with Gasteiger partial charge in [-0.3, -0.25) is 0 Å². The summed E-state index contributed by atoms with van der Waals surface area (Å²) >= 11 is 1.67. The van der Waals surface area contributed by atoms with Gasteiger partial charge in [0.2, 0.25) is 0 Å². The molecular formula is C14H20N4O2S. The van der Waals surface area contributed by atoms with E-state index < -0.39 is 6.10 Å². The van der Waals surface area contributed by atoms with Gasteiger partial charge in [-0.1, -0.05) is 6.07 Å². The molecule has 2 atom stereocenters. The highest BCUT2D eigenvalue weighted by Crippen LogP contribution is 2.12. The Hall–Kier alpha value is -1.28. The Morgan fingerprint density at radius 3 is 3.38 bits per heavy atom. The molecule has 0 fully saturated rings. The second-order valence-electron chi connectivity index (χ2n) is 5.25. The number of rotatable bonds is 7. The van der Waals surface area contributed by atoms with Crippen molar-refractivity contribution >= 4 is 11.3 Å². The Morgan fingerprint density at radius 2 is 2.52 bits per heavy atom. The van der Waals surface area contributed by atoms with Crippen LogP contribution in [-0.2, 0) is 24.3 Å². The van der Waals surface area contributed by atoms with Gasteiger partial charge in [-0.05, 0) is 17.9 Å². The fourth-order valence-corrected chi connectivity index (χ4v) is 3.10. The normalized spacial score (nSPS) is 19.4. The van der Waals surface area contributed by atoms with E-state index in [1.54, 1.807) is 17.7 Å². The predicted octanol–water partition coefficient (Wildman–Crippen LogP) is 0.822. The van der Waals surface area contributed by atoms with Crippen LogP contribution in [0.4, 0.5) is 0 Å². The van der Waals surface area contributed by atoms with Crippen molar-refractivity contribution in [2.75, 3.05) is 13.2 Å². The van der Waals surface area contributed by atoms with Crippen molar-refractivity contribution in [1.29, 1.82) is 0 Å². The van der Waals surface area contributed by atoms with Crippen molar-refractivity contribution in [3.63, 3.8) is 0 Å². The molecule has 0 aliphatic carbocycles. The van der Waals surface area contributed by atoms with Crippen LogP contribution in [0.2, 0.25) is 0 Å². The van der Waals surface area contributed by atoms with Gasteiger partial charge in [0.05, 0.1) is 25.9 Å². The molecule has 1 aliphatic rings. The summed E-state index contributed by atoms with van der Waals surface area (Å²) in [5.41, 5.74) is 0. The van der Waals surface area contributed by atoms with E-state index in [0.717, 1.165) is 25.2 Å². The first-order valence-corrected chi connectivity index (χ1v) is 8.07. The second kappa shape index (κ2) is 7.13. The topological polar surface area (TPSA) is 72.2 Å². The molecule has 6 nitrogen and oxygen atoms in total. The molecule has 0 saturated heterocycles. The standard InChI is InChI=1S/C14H20N4O2S/c19-12(8-20-9-13-2-1-5-21-13)6-15-11-3-4-14-16-10-17-18(14)7-11/h1-2,5,10-12,15,19H,3-4,6-9H2/t11-,12-/m1/s1. The molecule has 114 valence electrons. The molecule has 7 heteroatoms. The van der Waals surface area contributed by atoms with Crippen LogP contribution < -0.4 is 5.32 Å². The molecule has 0 amide bonds. The van der Waals surface area contributed by atoms with Crippen molar-refractivity contribution in [1.82, 2.24) is 20.1 Å². The number of nitrogens with one attached hydrogen (secondary N) is 1. The maximum Gasteiger partial charge on any atom is 0.138 e. The van der Waals surface area contributed by atoms with Crippen molar-refractivity contribution in [3.8, 4) is 0 Å². The fraction of sp³-hybridized carbons (Fsp3) is 0.571. The van der Waals surface area contributed by atoms with Crippen molar-refractivity contribution in [2.45, 2.75) is 38.1 Å². The van der Waals surface area contributed by atoms with Crippen LogP contribution in [0.15, 0.2) is 23.8 Å². The van der Waals surface area contributed by atoms with Gasteiger partial charge >= 0.3 is 0 Å². The van der Waals surface area contributed by atoms with Gasteiger partial charge in [0.15, 0.2) is 0 Å². The van der Waals surface area contributed by atoms with Crippen molar-refractivity contribution in [2.24, 2.45) is 0 Å². The Bertz CT molecular complexity index is 543. The number of ether oxygens (including phenoxy) is 1. The molecule has 2 aromatic rings. The number of aliphatic hydroxyl groups is 1. The molecule has 0 bridgehead atoms. The molecule has 2 N–H and O–H groups in total. The number of hydrogen-bond donors (Lipinski definition) is 2. The Balaban J connectivity index is 1.33. The molecule has 2 aromatic heterocycles. The SMILES string of the molecule is O[C@H](CN[C@@H]1CCc2ncnn2C1)COCc1cccs1. The lowest BCUT2D eigenvalue weighted by molar-refractivity contribution is 0.0279. The Morgan fingerprint density at radius 1 is 1.57 bits per heavy atom. The molecule has 21 heavy (non-hydrogen) atoms. The Labute approximate surface area is 127 Å². The molecule has 0 radical (unpaired) electrons. The first-order valence-electron chi connectivity index (χ1n) is 7.19. The van der Waals surface area contributed by atoms with E-state index in [1.165, 1.54) is 4.88 Å². The summed E-state index contributed by atoms with van der Waals surface area (Å²) in [5.74, 6) is 1.05. The zero-order chi connectivity index (χ0) is 14.5. The third-order valence-electron chi connectivity index (χ3n) is 3.58. The van der Waals surface area contributed by atoms with Gasteiger partial charge in [0, 0.05) is 23.9 Å². The molecule has 3 heterocycles. The quantitative estimate of drug-likeness (QED) is 0.792. The van der Waals surface area contributed by atoms with E-state index in [4.69, 9.17) is 4.74 Å². The minimum absolute atomic E-state index is 0.339. The summed E-state index contributed by atoms with van der Waals surface area (Å²) in [6.45, 7) is 2.28. The van der Waals surface area contributed by atoms with E-state index in [-0.39, 0.29) is 0 Å². The molecule has 0 aromatic carbocycles. The van der Waals surface area contributed by atoms with Gasteiger partial charge in [-0.25, -0.2) is 9.67 Å². The predicted molar refractivity (Wildman–Crippen MR) is 80.1 cm³/mol. The highest BCUT2D eigenvalue weighted by molar-refractivity contribution is 7.09. The number of aliphatic hydroxyl groups excluding tert-OH is 1. The van der Waals surface area contributed by atoms with Crippen molar-refractivity contribution < 1.29 is 9.84 Å². The average molecular weight is 308 g/mol. The number of hydrogen-bond acceptors (Lipinski definition) is 6. The largest absolute Gasteiger partial charge is 0.389 e. The van der Waals surface area contributed by atoms with Crippen LogP contribution >= 0.6 is 11.3 Å². The Kier molecular flexibility index (Phi) is 4.97. The molecule has 0 saturated carbocycles.